The van der Waals surface area contributed by atoms with Crippen LogP contribution in [0.5, 0.6) is 11.5 Å². The molecule has 0 aliphatic carbocycles. The van der Waals surface area contributed by atoms with Crippen LogP contribution in [-0.4, -0.2) is 19.8 Å². The third-order valence-electron chi connectivity index (χ3n) is 3.78. The van der Waals surface area contributed by atoms with Gasteiger partial charge < -0.3 is 15.2 Å². The maximum absolute atomic E-state index is 6.14. The van der Waals surface area contributed by atoms with Gasteiger partial charge in [0.2, 0.25) is 0 Å². The van der Waals surface area contributed by atoms with Crippen LogP contribution in [0.4, 0.5) is 0 Å². The Morgan fingerprint density at radius 1 is 1.14 bits per heavy atom. The van der Waals surface area contributed by atoms with Crippen LogP contribution in [0.1, 0.15) is 52.0 Å². The van der Waals surface area contributed by atoms with Crippen molar-refractivity contribution >= 4 is 0 Å². The number of nitrogens with two attached hydrogens (primary N) is 1. The molecule has 1 rings (SSSR count). The quantitative estimate of drug-likeness (QED) is 0.665. The molecule has 0 bridgehead atoms. The lowest BCUT2D eigenvalue weighted by Gasteiger charge is -2.19. The molecule has 0 radical (unpaired) electrons. The number of benzene rings is 1. The number of unbranched alkanes of at least 4 members (excludes halogenated alkanes) is 1. The summed E-state index contributed by atoms with van der Waals surface area (Å²) >= 11 is 0. The minimum Gasteiger partial charge on any atom is -0.490 e. The number of hydrogen-bond acceptors (Lipinski definition) is 3. The van der Waals surface area contributed by atoms with E-state index in [9.17, 15) is 0 Å². The van der Waals surface area contributed by atoms with Gasteiger partial charge in [-0.3, -0.25) is 0 Å². The van der Waals surface area contributed by atoms with Crippen LogP contribution in [0, 0.1) is 5.92 Å². The lowest BCUT2D eigenvalue weighted by atomic mass is 10.0. The molecular formula is C18H31NO2. The first kappa shape index (κ1) is 17.8. The van der Waals surface area contributed by atoms with E-state index < -0.39 is 0 Å². The summed E-state index contributed by atoms with van der Waals surface area (Å²) in [7, 11) is 0. The zero-order valence-electron chi connectivity index (χ0n) is 13.9. The Bertz CT molecular complexity index is 369. The SMILES string of the molecule is CCCCC(CC)COc1c(CCN)cccc1OCC. The summed E-state index contributed by atoms with van der Waals surface area (Å²) in [5, 5.41) is 0. The monoisotopic (exact) mass is 293 g/mol. The van der Waals surface area contributed by atoms with Crippen molar-refractivity contribution in [2.75, 3.05) is 19.8 Å². The third-order valence-corrected chi connectivity index (χ3v) is 3.78. The number of rotatable bonds is 11. The van der Waals surface area contributed by atoms with Crippen molar-refractivity contribution < 1.29 is 9.47 Å². The number of para-hydroxylation sites is 1. The lowest BCUT2D eigenvalue weighted by Crippen LogP contribution is -2.14. The van der Waals surface area contributed by atoms with Crippen LogP contribution in [-0.2, 0) is 6.42 Å². The first-order chi connectivity index (χ1) is 10.3. The highest BCUT2D eigenvalue weighted by atomic mass is 16.5. The Labute approximate surface area is 129 Å². The molecule has 0 aliphatic rings. The molecule has 0 heterocycles. The third kappa shape index (κ3) is 5.96. The van der Waals surface area contributed by atoms with Crippen molar-refractivity contribution in [1.82, 2.24) is 0 Å². The summed E-state index contributed by atoms with van der Waals surface area (Å²) in [6.07, 6.45) is 5.72. The number of hydrogen-bond donors (Lipinski definition) is 1. The second-order valence-electron chi connectivity index (χ2n) is 5.44. The zero-order valence-corrected chi connectivity index (χ0v) is 13.9. The van der Waals surface area contributed by atoms with Crippen LogP contribution in [0.25, 0.3) is 0 Å². The van der Waals surface area contributed by atoms with Gasteiger partial charge in [0, 0.05) is 0 Å². The summed E-state index contributed by atoms with van der Waals surface area (Å²) < 4.78 is 11.8. The fourth-order valence-corrected chi connectivity index (χ4v) is 2.45. The number of ether oxygens (including phenoxy) is 2. The van der Waals surface area contributed by atoms with E-state index in [-0.39, 0.29) is 0 Å². The standard InChI is InChI=1S/C18H31NO2/c1-4-7-9-15(5-2)14-21-18-16(12-13-19)10-8-11-17(18)20-6-3/h8,10-11,15H,4-7,9,12-14,19H2,1-3H3. The molecule has 0 aromatic heterocycles. The van der Waals surface area contributed by atoms with Crippen LogP contribution in [0.2, 0.25) is 0 Å². The molecule has 0 saturated heterocycles. The second kappa shape index (κ2) is 10.5. The van der Waals surface area contributed by atoms with Crippen LogP contribution < -0.4 is 15.2 Å². The van der Waals surface area contributed by atoms with E-state index in [0.29, 0.717) is 19.1 Å². The molecule has 120 valence electrons. The molecule has 21 heavy (non-hydrogen) atoms. The summed E-state index contributed by atoms with van der Waals surface area (Å²) in [5.74, 6) is 2.35. The van der Waals surface area contributed by atoms with Crippen molar-refractivity contribution in [3.05, 3.63) is 23.8 Å². The average molecular weight is 293 g/mol. The Balaban J connectivity index is 2.77. The van der Waals surface area contributed by atoms with Gasteiger partial charge >= 0.3 is 0 Å². The summed E-state index contributed by atoms with van der Waals surface area (Å²) in [6, 6.07) is 6.07. The molecule has 1 unspecified atom stereocenters. The molecule has 1 aromatic carbocycles. The first-order valence-corrected chi connectivity index (χ1v) is 8.34. The maximum atomic E-state index is 6.14. The van der Waals surface area contributed by atoms with E-state index in [1.165, 1.54) is 19.3 Å². The average Bonchev–Trinajstić information content (AvgIpc) is 2.50. The fraction of sp³-hybridized carbons (Fsp3) is 0.667. The lowest BCUT2D eigenvalue weighted by molar-refractivity contribution is 0.218. The molecule has 3 heteroatoms. The molecule has 0 amide bonds. The van der Waals surface area contributed by atoms with E-state index in [0.717, 1.165) is 36.5 Å². The molecular weight excluding hydrogens is 262 g/mol. The van der Waals surface area contributed by atoms with Crippen LogP contribution in [0.3, 0.4) is 0 Å². The van der Waals surface area contributed by atoms with Gasteiger partial charge in [-0.05, 0) is 43.9 Å². The minimum absolute atomic E-state index is 0.616. The normalized spacial score (nSPS) is 12.2. The molecule has 2 N–H and O–H groups in total. The van der Waals surface area contributed by atoms with E-state index in [1.54, 1.807) is 0 Å². The second-order valence-corrected chi connectivity index (χ2v) is 5.44. The van der Waals surface area contributed by atoms with E-state index >= 15 is 0 Å². The van der Waals surface area contributed by atoms with Gasteiger partial charge in [-0.2, -0.15) is 0 Å². The van der Waals surface area contributed by atoms with Gasteiger partial charge in [0.25, 0.3) is 0 Å². The van der Waals surface area contributed by atoms with Crippen molar-refractivity contribution in [1.29, 1.82) is 0 Å². The highest BCUT2D eigenvalue weighted by molar-refractivity contribution is 5.46. The molecule has 1 atom stereocenters. The predicted molar refractivity (Wildman–Crippen MR) is 89.2 cm³/mol. The topological polar surface area (TPSA) is 44.5 Å². The Morgan fingerprint density at radius 2 is 1.95 bits per heavy atom. The molecule has 0 aliphatic heterocycles. The maximum Gasteiger partial charge on any atom is 0.164 e. The highest BCUT2D eigenvalue weighted by Crippen LogP contribution is 2.32. The molecule has 0 spiro atoms. The smallest absolute Gasteiger partial charge is 0.164 e. The van der Waals surface area contributed by atoms with Crippen molar-refractivity contribution in [2.45, 2.75) is 52.9 Å². The largest absolute Gasteiger partial charge is 0.490 e. The fourth-order valence-electron chi connectivity index (χ4n) is 2.45. The van der Waals surface area contributed by atoms with Crippen molar-refractivity contribution in [3.8, 4) is 11.5 Å². The molecule has 1 aromatic rings. The summed E-state index contributed by atoms with van der Waals surface area (Å²) in [5.41, 5.74) is 6.85. The summed E-state index contributed by atoms with van der Waals surface area (Å²) in [4.78, 5) is 0. The predicted octanol–water partition coefficient (Wildman–Crippen LogP) is 4.18. The Morgan fingerprint density at radius 3 is 2.57 bits per heavy atom. The Hall–Kier alpha value is -1.22. The van der Waals surface area contributed by atoms with Gasteiger partial charge in [0.05, 0.1) is 13.2 Å². The van der Waals surface area contributed by atoms with E-state index in [4.69, 9.17) is 15.2 Å². The highest BCUT2D eigenvalue weighted by Gasteiger charge is 2.13. The molecule has 0 fully saturated rings. The van der Waals surface area contributed by atoms with Gasteiger partial charge in [0.15, 0.2) is 11.5 Å². The van der Waals surface area contributed by atoms with Gasteiger partial charge in [0.1, 0.15) is 0 Å². The molecule has 3 nitrogen and oxygen atoms in total. The van der Waals surface area contributed by atoms with Gasteiger partial charge in [-0.25, -0.2) is 0 Å². The van der Waals surface area contributed by atoms with Crippen LogP contribution >= 0.6 is 0 Å². The van der Waals surface area contributed by atoms with Gasteiger partial charge in [-0.1, -0.05) is 45.2 Å². The van der Waals surface area contributed by atoms with Crippen LogP contribution in [0.15, 0.2) is 18.2 Å². The minimum atomic E-state index is 0.616. The van der Waals surface area contributed by atoms with Crippen molar-refractivity contribution in [2.24, 2.45) is 11.7 Å². The zero-order chi connectivity index (χ0) is 15.5. The van der Waals surface area contributed by atoms with E-state index in [1.807, 2.05) is 19.1 Å². The molecule has 0 saturated carbocycles. The van der Waals surface area contributed by atoms with E-state index in [2.05, 4.69) is 19.9 Å². The first-order valence-electron chi connectivity index (χ1n) is 8.34. The van der Waals surface area contributed by atoms with Gasteiger partial charge in [-0.15, -0.1) is 0 Å². The summed E-state index contributed by atoms with van der Waals surface area (Å²) in [6.45, 7) is 8.50. The van der Waals surface area contributed by atoms with Crippen molar-refractivity contribution in [3.63, 3.8) is 0 Å². The Kier molecular flexibility index (Phi) is 8.91.